The summed E-state index contributed by atoms with van der Waals surface area (Å²) in [6.45, 7) is 4.69. The van der Waals surface area contributed by atoms with Crippen LogP contribution in [0.15, 0.2) is 28.9 Å². The molecule has 1 heterocycles. The molecule has 0 saturated heterocycles. The Bertz CT molecular complexity index is 476. The van der Waals surface area contributed by atoms with Crippen molar-refractivity contribution in [3.63, 3.8) is 0 Å². The van der Waals surface area contributed by atoms with Gasteiger partial charge in [0.2, 0.25) is 0 Å². The molecule has 0 saturated carbocycles. The van der Waals surface area contributed by atoms with Gasteiger partial charge in [-0.3, -0.25) is 0 Å². The first-order chi connectivity index (χ1) is 8.35. The third-order valence-electron chi connectivity index (χ3n) is 2.88. The van der Waals surface area contributed by atoms with E-state index >= 15 is 0 Å². The number of nitrogens with one attached hydrogen (secondary N) is 1. The topological polar surface area (TPSA) is 34.4 Å². The van der Waals surface area contributed by atoms with Crippen LogP contribution in [0.1, 0.15) is 18.1 Å². The molecule has 0 atom stereocenters. The van der Waals surface area contributed by atoms with Gasteiger partial charge in [0.25, 0.3) is 0 Å². The van der Waals surface area contributed by atoms with Gasteiger partial charge < -0.3 is 14.5 Å². The highest BCUT2D eigenvalue weighted by molar-refractivity contribution is 5.81. The Balaban J connectivity index is 2.23. The van der Waals surface area contributed by atoms with Crippen LogP contribution in [-0.2, 0) is 17.7 Å². The van der Waals surface area contributed by atoms with E-state index in [4.69, 9.17) is 9.15 Å². The molecule has 0 aliphatic carbocycles. The Kier molecular flexibility index (Phi) is 4.18. The summed E-state index contributed by atoms with van der Waals surface area (Å²) in [5, 5.41) is 4.53. The van der Waals surface area contributed by atoms with Crippen LogP contribution in [0.5, 0.6) is 0 Å². The molecule has 2 rings (SSSR count). The molecule has 1 aromatic carbocycles. The molecule has 0 spiro atoms. The normalized spacial score (nSPS) is 11.2. The number of furan rings is 1. The average molecular weight is 233 g/mol. The first kappa shape index (κ1) is 12.1. The zero-order chi connectivity index (χ0) is 12.1. The Labute approximate surface area is 102 Å². The minimum absolute atomic E-state index is 0.756. The number of ether oxygens (including phenoxy) is 1. The van der Waals surface area contributed by atoms with E-state index in [0.29, 0.717) is 0 Å². The van der Waals surface area contributed by atoms with Gasteiger partial charge in [-0.1, -0.05) is 13.0 Å². The lowest BCUT2D eigenvalue weighted by molar-refractivity contribution is 0.202. The number of fused-ring (bicyclic) bond motifs is 1. The molecule has 17 heavy (non-hydrogen) atoms. The number of hydrogen-bond donors (Lipinski definition) is 1. The number of rotatable bonds is 6. The minimum Gasteiger partial charge on any atom is -0.464 e. The second-order valence-electron chi connectivity index (χ2n) is 4.11. The summed E-state index contributed by atoms with van der Waals surface area (Å²) in [5.41, 5.74) is 3.47. The van der Waals surface area contributed by atoms with Crippen molar-refractivity contribution in [1.29, 1.82) is 0 Å². The fourth-order valence-electron chi connectivity index (χ4n) is 1.90. The predicted molar refractivity (Wildman–Crippen MR) is 69.2 cm³/mol. The van der Waals surface area contributed by atoms with E-state index in [1.54, 1.807) is 7.11 Å². The van der Waals surface area contributed by atoms with Crippen molar-refractivity contribution in [2.75, 3.05) is 20.3 Å². The molecule has 0 fully saturated rings. The van der Waals surface area contributed by atoms with Crippen LogP contribution in [0.2, 0.25) is 0 Å². The van der Waals surface area contributed by atoms with Crippen LogP contribution >= 0.6 is 0 Å². The standard InChI is InChI=1S/C14H19NO2/c1-3-15-9-12-10-17-14-5-4-11(6-7-16-2)8-13(12)14/h4-5,8,10,15H,3,6-7,9H2,1-2H3. The second-order valence-corrected chi connectivity index (χ2v) is 4.11. The highest BCUT2D eigenvalue weighted by Gasteiger charge is 2.06. The smallest absolute Gasteiger partial charge is 0.134 e. The van der Waals surface area contributed by atoms with E-state index in [1.807, 2.05) is 12.3 Å². The van der Waals surface area contributed by atoms with Gasteiger partial charge >= 0.3 is 0 Å². The summed E-state index contributed by atoms with van der Waals surface area (Å²) in [4.78, 5) is 0. The van der Waals surface area contributed by atoms with Gasteiger partial charge in [0.1, 0.15) is 5.58 Å². The fourth-order valence-corrected chi connectivity index (χ4v) is 1.90. The Morgan fingerprint density at radius 1 is 1.35 bits per heavy atom. The maximum Gasteiger partial charge on any atom is 0.134 e. The van der Waals surface area contributed by atoms with Crippen LogP contribution < -0.4 is 5.32 Å². The van der Waals surface area contributed by atoms with E-state index < -0.39 is 0 Å². The van der Waals surface area contributed by atoms with Crippen molar-refractivity contribution in [3.8, 4) is 0 Å². The molecule has 0 bridgehead atoms. The van der Waals surface area contributed by atoms with Crippen LogP contribution in [0.3, 0.4) is 0 Å². The number of methoxy groups -OCH3 is 1. The fraction of sp³-hybridized carbons (Fsp3) is 0.429. The third kappa shape index (κ3) is 2.87. The molecular weight excluding hydrogens is 214 g/mol. The highest BCUT2D eigenvalue weighted by Crippen LogP contribution is 2.22. The van der Waals surface area contributed by atoms with Gasteiger partial charge in [0, 0.05) is 24.6 Å². The Morgan fingerprint density at radius 2 is 2.24 bits per heavy atom. The molecule has 3 nitrogen and oxygen atoms in total. The van der Waals surface area contributed by atoms with Gasteiger partial charge in [0.05, 0.1) is 12.9 Å². The van der Waals surface area contributed by atoms with E-state index in [0.717, 1.165) is 31.7 Å². The maximum absolute atomic E-state index is 5.53. The zero-order valence-corrected chi connectivity index (χ0v) is 10.5. The molecule has 1 N–H and O–H groups in total. The third-order valence-corrected chi connectivity index (χ3v) is 2.88. The minimum atomic E-state index is 0.756. The maximum atomic E-state index is 5.53. The lowest BCUT2D eigenvalue weighted by Gasteiger charge is -2.02. The number of hydrogen-bond acceptors (Lipinski definition) is 3. The number of benzene rings is 1. The highest BCUT2D eigenvalue weighted by atomic mass is 16.5. The molecule has 2 aromatic rings. The van der Waals surface area contributed by atoms with Gasteiger partial charge in [-0.2, -0.15) is 0 Å². The second kappa shape index (κ2) is 5.84. The summed E-state index contributed by atoms with van der Waals surface area (Å²) >= 11 is 0. The van der Waals surface area contributed by atoms with Crippen molar-refractivity contribution < 1.29 is 9.15 Å². The van der Waals surface area contributed by atoms with Crippen molar-refractivity contribution in [2.45, 2.75) is 19.9 Å². The van der Waals surface area contributed by atoms with E-state index in [2.05, 4.69) is 24.4 Å². The van der Waals surface area contributed by atoms with Crippen molar-refractivity contribution in [2.24, 2.45) is 0 Å². The van der Waals surface area contributed by atoms with Crippen molar-refractivity contribution >= 4 is 11.0 Å². The van der Waals surface area contributed by atoms with Gasteiger partial charge in [-0.15, -0.1) is 0 Å². The summed E-state index contributed by atoms with van der Waals surface area (Å²) in [7, 11) is 1.73. The van der Waals surface area contributed by atoms with E-state index in [-0.39, 0.29) is 0 Å². The summed E-state index contributed by atoms with van der Waals surface area (Å²) < 4.78 is 10.6. The molecule has 3 heteroatoms. The van der Waals surface area contributed by atoms with Gasteiger partial charge in [-0.25, -0.2) is 0 Å². The molecule has 0 radical (unpaired) electrons. The zero-order valence-electron chi connectivity index (χ0n) is 10.5. The Morgan fingerprint density at radius 3 is 3.00 bits per heavy atom. The Hall–Kier alpha value is -1.32. The molecule has 0 unspecified atom stereocenters. The lowest BCUT2D eigenvalue weighted by Crippen LogP contribution is -2.11. The van der Waals surface area contributed by atoms with Crippen LogP contribution in [0.4, 0.5) is 0 Å². The van der Waals surface area contributed by atoms with Gasteiger partial charge in [0.15, 0.2) is 0 Å². The van der Waals surface area contributed by atoms with Crippen LogP contribution in [-0.4, -0.2) is 20.3 Å². The lowest BCUT2D eigenvalue weighted by atomic mass is 10.1. The quantitative estimate of drug-likeness (QED) is 0.833. The predicted octanol–water partition coefficient (Wildman–Crippen LogP) is 2.73. The first-order valence-electron chi connectivity index (χ1n) is 6.03. The van der Waals surface area contributed by atoms with Crippen molar-refractivity contribution in [1.82, 2.24) is 5.32 Å². The molecular formula is C14H19NO2. The molecule has 0 aliphatic rings. The first-order valence-corrected chi connectivity index (χ1v) is 6.03. The van der Waals surface area contributed by atoms with Crippen LogP contribution in [0.25, 0.3) is 11.0 Å². The molecule has 0 amide bonds. The summed E-state index contributed by atoms with van der Waals surface area (Å²) in [6, 6.07) is 6.34. The van der Waals surface area contributed by atoms with Crippen LogP contribution in [0, 0.1) is 0 Å². The summed E-state index contributed by atoms with van der Waals surface area (Å²) in [5.74, 6) is 0. The largest absolute Gasteiger partial charge is 0.464 e. The summed E-state index contributed by atoms with van der Waals surface area (Å²) in [6.07, 6.45) is 2.78. The SMILES string of the molecule is CCNCc1coc2ccc(CCOC)cc12. The van der Waals surface area contributed by atoms with Gasteiger partial charge in [-0.05, 0) is 30.7 Å². The van der Waals surface area contributed by atoms with E-state index in [9.17, 15) is 0 Å². The van der Waals surface area contributed by atoms with Crippen molar-refractivity contribution in [3.05, 3.63) is 35.6 Å². The molecule has 1 aromatic heterocycles. The monoisotopic (exact) mass is 233 g/mol. The van der Waals surface area contributed by atoms with E-state index in [1.165, 1.54) is 16.5 Å². The molecule has 92 valence electrons. The molecule has 0 aliphatic heterocycles. The average Bonchev–Trinajstić information content (AvgIpc) is 2.76.